The summed E-state index contributed by atoms with van der Waals surface area (Å²) in [5.41, 5.74) is 0. The summed E-state index contributed by atoms with van der Waals surface area (Å²) >= 11 is 0. The van der Waals surface area contributed by atoms with E-state index in [1.54, 1.807) is 0 Å². The Morgan fingerprint density at radius 3 is 3.00 bits per heavy atom. The van der Waals surface area contributed by atoms with Gasteiger partial charge in [-0.25, -0.2) is 0 Å². The van der Waals surface area contributed by atoms with E-state index >= 15 is 0 Å². The summed E-state index contributed by atoms with van der Waals surface area (Å²) in [6.07, 6.45) is 2.98. The first-order valence-corrected chi connectivity index (χ1v) is 4.61. The van der Waals surface area contributed by atoms with Gasteiger partial charge < -0.3 is 5.32 Å². The SMILES string of the molecule is CC1CC2C3NCCC3C12. The minimum absolute atomic E-state index is 0.959. The van der Waals surface area contributed by atoms with Crippen LogP contribution in [0.5, 0.6) is 0 Å². The molecule has 1 saturated heterocycles. The molecule has 1 heterocycles. The lowest BCUT2D eigenvalue weighted by molar-refractivity contribution is -0.0960. The first-order valence-electron chi connectivity index (χ1n) is 4.61. The predicted molar refractivity (Wildman–Crippen MR) is 40.7 cm³/mol. The molecule has 0 bridgehead atoms. The fourth-order valence-electron chi connectivity index (χ4n) is 3.60. The van der Waals surface area contributed by atoms with Crippen LogP contribution >= 0.6 is 0 Å². The number of hydrogen-bond acceptors (Lipinski definition) is 1. The molecule has 1 nitrogen and oxygen atoms in total. The molecule has 0 spiro atoms. The molecule has 3 fully saturated rings. The Morgan fingerprint density at radius 2 is 2.20 bits per heavy atom. The van der Waals surface area contributed by atoms with Gasteiger partial charge in [-0.2, -0.15) is 0 Å². The quantitative estimate of drug-likeness (QED) is 0.530. The van der Waals surface area contributed by atoms with E-state index in [9.17, 15) is 0 Å². The van der Waals surface area contributed by atoms with Crippen molar-refractivity contribution in [2.24, 2.45) is 23.7 Å². The van der Waals surface area contributed by atoms with Crippen LogP contribution in [0.3, 0.4) is 0 Å². The first kappa shape index (κ1) is 5.59. The zero-order chi connectivity index (χ0) is 6.72. The maximum Gasteiger partial charge on any atom is 0.0130 e. The molecule has 0 aromatic heterocycles. The highest BCUT2D eigenvalue weighted by atomic mass is 15.0. The summed E-state index contributed by atoms with van der Waals surface area (Å²) in [6, 6.07) is 0.959. The highest BCUT2D eigenvalue weighted by molar-refractivity contribution is 5.12. The van der Waals surface area contributed by atoms with E-state index < -0.39 is 0 Å². The van der Waals surface area contributed by atoms with E-state index in [1.807, 2.05) is 0 Å². The number of nitrogens with one attached hydrogen (secondary N) is 1. The fraction of sp³-hybridized carbons (Fsp3) is 1.00. The van der Waals surface area contributed by atoms with Crippen molar-refractivity contribution in [1.29, 1.82) is 0 Å². The first-order chi connectivity index (χ1) is 4.88. The van der Waals surface area contributed by atoms with Crippen LogP contribution in [-0.4, -0.2) is 12.6 Å². The third kappa shape index (κ3) is 0.430. The highest BCUT2D eigenvalue weighted by Gasteiger charge is 2.59. The van der Waals surface area contributed by atoms with Gasteiger partial charge in [0.1, 0.15) is 0 Å². The van der Waals surface area contributed by atoms with Crippen molar-refractivity contribution in [3.63, 3.8) is 0 Å². The van der Waals surface area contributed by atoms with Gasteiger partial charge in [-0.15, -0.1) is 0 Å². The smallest absolute Gasteiger partial charge is 0.0130 e. The average molecular weight is 137 g/mol. The molecule has 10 heavy (non-hydrogen) atoms. The second-order valence-corrected chi connectivity index (χ2v) is 4.39. The Labute approximate surface area is 62.2 Å². The molecule has 5 atom stereocenters. The Hall–Kier alpha value is -0.0400. The summed E-state index contributed by atoms with van der Waals surface area (Å²) in [5.74, 6) is 4.39. The van der Waals surface area contributed by atoms with Gasteiger partial charge in [-0.3, -0.25) is 0 Å². The lowest BCUT2D eigenvalue weighted by atomic mass is 9.46. The Kier molecular flexibility index (Phi) is 0.883. The summed E-state index contributed by atoms with van der Waals surface area (Å²) in [7, 11) is 0. The van der Waals surface area contributed by atoms with Crippen molar-refractivity contribution in [3.05, 3.63) is 0 Å². The lowest BCUT2D eigenvalue weighted by Gasteiger charge is -2.60. The zero-order valence-corrected chi connectivity index (χ0v) is 6.51. The van der Waals surface area contributed by atoms with Crippen molar-refractivity contribution >= 4 is 0 Å². The molecule has 2 saturated carbocycles. The monoisotopic (exact) mass is 137 g/mol. The Morgan fingerprint density at radius 1 is 1.30 bits per heavy atom. The molecule has 1 heteroatoms. The molecule has 1 aliphatic heterocycles. The second kappa shape index (κ2) is 1.58. The van der Waals surface area contributed by atoms with Gasteiger partial charge in [0.25, 0.3) is 0 Å². The molecule has 2 aliphatic carbocycles. The Bertz CT molecular complexity index is 166. The molecule has 3 aliphatic rings. The molecular formula is C9H15N. The topological polar surface area (TPSA) is 12.0 Å². The molecule has 1 N–H and O–H groups in total. The third-order valence-electron chi connectivity index (χ3n) is 4.07. The normalized spacial score (nSPS) is 63.9. The number of hydrogen-bond donors (Lipinski definition) is 1. The number of fused-ring (bicyclic) bond motifs is 4. The van der Waals surface area contributed by atoms with Crippen LogP contribution in [0.25, 0.3) is 0 Å². The van der Waals surface area contributed by atoms with Gasteiger partial charge in [0, 0.05) is 6.04 Å². The summed E-state index contributed by atoms with van der Waals surface area (Å²) in [4.78, 5) is 0. The van der Waals surface area contributed by atoms with Crippen LogP contribution in [0.15, 0.2) is 0 Å². The van der Waals surface area contributed by atoms with Gasteiger partial charge in [0.15, 0.2) is 0 Å². The van der Waals surface area contributed by atoms with E-state index in [2.05, 4.69) is 12.2 Å². The molecule has 0 aromatic carbocycles. The van der Waals surface area contributed by atoms with Gasteiger partial charge >= 0.3 is 0 Å². The molecule has 5 unspecified atom stereocenters. The zero-order valence-electron chi connectivity index (χ0n) is 6.51. The van der Waals surface area contributed by atoms with E-state index in [4.69, 9.17) is 0 Å². The summed E-state index contributed by atoms with van der Waals surface area (Å²) in [6.45, 7) is 3.73. The van der Waals surface area contributed by atoms with Crippen LogP contribution in [-0.2, 0) is 0 Å². The predicted octanol–water partition coefficient (Wildman–Crippen LogP) is 1.25. The van der Waals surface area contributed by atoms with Crippen molar-refractivity contribution in [2.45, 2.75) is 25.8 Å². The van der Waals surface area contributed by atoms with Crippen molar-refractivity contribution < 1.29 is 0 Å². The van der Waals surface area contributed by atoms with Gasteiger partial charge in [-0.05, 0) is 43.1 Å². The van der Waals surface area contributed by atoms with E-state index in [0.29, 0.717) is 0 Å². The maximum absolute atomic E-state index is 3.61. The van der Waals surface area contributed by atoms with Crippen molar-refractivity contribution in [2.75, 3.05) is 6.54 Å². The minimum atomic E-state index is 0.959. The van der Waals surface area contributed by atoms with Crippen LogP contribution < -0.4 is 5.32 Å². The number of rotatable bonds is 0. The average Bonchev–Trinajstić information content (AvgIpc) is 2.25. The van der Waals surface area contributed by atoms with Crippen LogP contribution in [0.4, 0.5) is 0 Å². The van der Waals surface area contributed by atoms with Gasteiger partial charge in [0.05, 0.1) is 0 Å². The largest absolute Gasteiger partial charge is 0.313 e. The minimum Gasteiger partial charge on any atom is -0.313 e. The maximum atomic E-state index is 3.61. The molecule has 0 radical (unpaired) electrons. The highest BCUT2D eigenvalue weighted by Crippen LogP contribution is 2.60. The molecule has 56 valence electrons. The molecule has 3 rings (SSSR count). The fourth-order valence-corrected chi connectivity index (χ4v) is 3.60. The van der Waals surface area contributed by atoms with Crippen LogP contribution in [0.2, 0.25) is 0 Å². The summed E-state index contributed by atoms with van der Waals surface area (Å²) < 4.78 is 0. The van der Waals surface area contributed by atoms with Crippen molar-refractivity contribution in [3.8, 4) is 0 Å². The Balaban J connectivity index is 1.81. The van der Waals surface area contributed by atoms with Gasteiger partial charge in [-0.1, -0.05) is 6.92 Å². The molecule has 0 amide bonds. The third-order valence-corrected chi connectivity index (χ3v) is 4.07. The lowest BCUT2D eigenvalue weighted by Crippen LogP contribution is -2.62. The van der Waals surface area contributed by atoms with E-state index in [-0.39, 0.29) is 0 Å². The standard InChI is InChI=1S/C9H15N/c1-5-4-7-8(5)6-2-3-10-9(6)7/h5-10H,2-4H2,1H3. The van der Waals surface area contributed by atoms with E-state index in [0.717, 1.165) is 29.7 Å². The van der Waals surface area contributed by atoms with Crippen LogP contribution in [0, 0.1) is 23.7 Å². The molecule has 0 aromatic rings. The van der Waals surface area contributed by atoms with E-state index in [1.165, 1.54) is 19.4 Å². The van der Waals surface area contributed by atoms with Crippen LogP contribution in [0.1, 0.15) is 19.8 Å². The second-order valence-electron chi connectivity index (χ2n) is 4.39. The van der Waals surface area contributed by atoms with Crippen molar-refractivity contribution in [1.82, 2.24) is 5.32 Å². The molecular weight excluding hydrogens is 122 g/mol. The van der Waals surface area contributed by atoms with Gasteiger partial charge in [0.2, 0.25) is 0 Å². The summed E-state index contributed by atoms with van der Waals surface area (Å²) in [5, 5.41) is 3.61.